The van der Waals surface area contributed by atoms with E-state index < -0.39 is 0 Å². The lowest BCUT2D eigenvalue weighted by molar-refractivity contribution is 0.0997. The summed E-state index contributed by atoms with van der Waals surface area (Å²) in [6, 6.07) is 3.96. The average Bonchev–Trinajstić information content (AvgIpc) is 2.85. The third-order valence-electron chi connectivity index (χ3n) is 3.27. The molecular weight excluding hydrogens is 236 g/mol. The fourth-order valence-electron chi connectivity index (χ4n) is 2.30. The van der Waals surface area contributed by atoms with Gasteiger partial charge in [0.1, 0.15) is 0 Å². The Bertz CT molecular complexity index is 353. The zero-order valence-corrected chi connectivity index (χ0v) is 10.9. The average molecular weight is 255 g/mol. The molecule has 94 valence electrons. The van der Waals surface area contributed by atoms with Crippen LogP contribution in [0.4, 0.5) is 0 Å². The van der Waals surface area contributed by atoms with Crippen LogP contribution in [0, 0.1) is 0 Å². The molecule has 2 unspecified atom stereocenters. The summed E-state index contributed by atoms with van der Waals surface area (Å²) in [4.78, 5) is 4.36. The van der Waals surface area contributed by atoms with E-state index in [4.69, 9.17) is 16.3 Å². The summed E-state index contributed by atoms with van der Waals surface area (Å²) < 4.78 is 5.63. The lowest BCUT2D eigenvalue weighted by Gasteiger charge is -2.18. The lowest BCUT2D eigenvalue weighted by Crippen LogP contribution is -2.20. The first-order chi connectivity index (χ1) is 8.31. The topological polar surface area (TPSA) is 34.1 Å². The molecule has 2 atom stereocenters. The molecule has 0 bridgehead atoms. The SMILES string of the molecule is CNC(CCC1CCCO1)c1ncccc1Cl. The van der Waals surface area contributed by atoms with E-state index >= 15 is 0 Å². The summed E-state index contributed by atoms with van der Waals surface area (Å²) in [6.45, 7) is 0.916. The van der Waals surface area contributed by atoms with Crippen molar-refractivity contribution in [2.24, 2.45) is 0 Å². The Hall–Kier alpha value is -0.640. The van der Waals surface area contributed by atoms with Gasteiger partial charge in [-0.05, 0) is 44.9 Å². The van der Waals surface area contributed by atoms with Crippen LogP contribution >= 0.6 is 11.6 Å². The van der Waals surface area contributed by atoms with Crippen molar-refractivity contribution in [1.82, 2.24) is 10.3 Å². The monoisotopic (exact) mass is 254 g/mol. The second kappa shape index (κ2) is 6.34. The zero-order valence-electron chi connectivity index (χ0n) is 10.2. The number of hydrogen-bond acceptors (Lipinski definition) is 3. The largest absolute Gasteiger partial charge is 0.378 e. The van der Waals surface area contributed by atoms with E-state index in [0.29, 0.717) is 6.10 Å². The van der Waals surface area contributed by atoms with Crippen molar-refractivity contribution in [3.05, 3.63) is 29.0 Å². The van der Waals surface area contributed by atoms with Gasteiger partial charge in [0.15, 0.2) is 0 Å². The Kier molecular flexibility index (Phi) is 4.77. The maximum absolute atomic E-state index is 6.16. The van der Waals surface area contributed by atoms with E-state index in [2.05, 4.69) is 10.3 Å². The van der Waals surface area contributed by atoms with Gasteiger partial charge in [0.2, 0.25) is 0 Å². The molecule has 1 aliphatic rings. The molecule has 1 aromatic rings. The predicted molar refractivity (Wildman–Crippen MR) is 69.3 cm³/mol. The van der Waals surface area contributed by atoms with Crippen LogP contribution in [0.15, 0.2) is 18.3 Å². The summed E-state index contributed by atoms with van der Waals surface area (Å²) in [5.74, 6) is 0. The minimum absolute atomic E-state index is 0.216. The Morgan fingerprint density at radius 3 is 3.18 bits per heavy atom. The number of nitrogens with zero attached hydrogens (tertiary/aromatic N) is 1. The molecule has 17 heavy (non-hydrogen) atoms. The van der Waals surface area contributed by atoms with Crippen molar-refractivity contribution in [1.29, 1.82) is 0 Å². The summed E-state index contributed by atoms with van der Waals surface area (Å²) in [7, 11) is 1.95. The summed E-state index contributed by atoms with van der Waals surface area (Å²) in [5, 5.41) is 4.02. The minimum atomic E-state index is 0.216. The molecule has 3 nitrogen and oxygen atoms in total. The van der Waals surface area contributed by atoms with Gasteiger partial charge in [-0.1, -0.05) is 11.6 Å². The van der Waals surface area contributed by atoms with Crippen molar-refractivity contribution in [2.75, 3.05) is 13.7 Å². The van der Waals surface area contributed by atoms with E-state index in [1.807, 2.05) is 19.2 Å². The molecular formula is C13H19ClN2O. The summed E-state index contributed by atoms with van der Waals surface area (Å²) in [6.07, 6.45) is 6.67. The zero-order chi connectivity index (χ0) is 12.1. The van der Waals surface area contributed by atoms with Crippen molar-refractivity contribution in [3.63, 3.8) is 0 Å². The summed E-state index contributed by atoms with van der Waals surface area (Å²) in [5.41, 5.74) is 0.940. The standard InChI is InChI=1S/C13H19ClN2O/c1-15-12(7-6-10-4-3-9-17-10)13-11(14)5-2-8-16-13/h2,5,8,10,12,15H,3-4,6-7,9H2,1H3. The molecule has 0 aliphatic carbocycles. The molecule has 1 aliphatic heterocycles. The van der Waals surface area contributed by atoms with Gasteiger partial charge in [-0.15, -0.1) is 0 Å². The highest BCUT2D eigenvalue weighted by molar-refractivity contribution is 6.31. The quantitative estimate of drug-likeness (QED) is 0.877. The highest BCUT2D eigenvalue weighted by Gasteiger charge is 2.19. The van der Waals surface area contributed by atoms with Crippen LogP contribution in [0.25, 0.3) is 0 Å². The Morgan fingerprint density at radius 2 is 2.53 bits per heavy atom. The first-order valence-corrected chi connectivity index (χ1v) is 6.58. The van der Waals surface area contributed by atoms with Gasteiger partial charge < -0.3 is 10.1 Å². The summed E-state index contributed by atoms with van der Waals surface area (Å²) >= 11 is 6.16. The number of rotatable bonds is 5. The highest BCUT2D eigenvalue weighted by atomic mass is 35.5. The third kappa shape index (κ3) is 3.41. The molecule has 0 saturated carbocycles. The second-order valence-corrected chi connectivity index (χ2v) is 4.83. The maximum Gasteiger partial charge on any atom is 0.0758 e. The van der Waals surface area contributed by atoms with Gasteiger partial charge >= 0.3 is 0 Å². The van der Waals surface area contributed by atoms with E-state index in [0.717, 1.165) is 30.2 Å². The van der Waals surface area contributed by atoms with E-state index in [1.54, 1.807) is 6.20 Å². The van der Waals surface area contributed by atoms with Crippen LogP contribution in [0.3, 0.4) is 0 Å². The molecule has 0 radical (unpaired) electrons. The van der Waals surface area contributed by atoms with Gasteiger partial charge in [0.25, 0.3) is 0 Å². The maximum atomic E-state index is 6.16. The van der Waals surface area contributed by atoms with Gasteiger partial charge in [-0.25, -0.2) is 0 Å². The van der Waals surface area contributed by atoms with Gasteiger partial charge in [0, 0.05) is 12.8 Å². The number of hydrogen-bond donors (Lipinski definition) is 1. The van der Waals surface area contributed by atoms with Crippen molar-refractivity contribution in [2.45, 2.75) is 37.8 Å². The Balaban J connectivity index is 1.94. The lowest BCUT2D eigenvalue weighted by atomic mass is 10.0. The van der Waals surface area contributed by atoms with Crippen LogP contribution < -0.4 is 5.32 Å². The Labute approximate surface area is 108 Å². The molecule has 1 saturated heterocycles. The molecule has 0 aromatic carbocycles. The van der Waals surface area contributed by atoms with Crippen molar-refractivity contribution in [3.8, 4) is 0 Å². The number of pyridine rings is 1. The second-order valence-electron chi connectivity index (χ2n) is 4.42. The van der Waals surface area contributed by atoms with E-state index in [-0.39, 0.29) is 6.04 Å². The van der Waals surface area contributed by atoms with E-state index in [1.165, 1.54) is 12.8 Å². The third-order valence-corrected chi connectivity index (χ3v) is 3.59. The van der Waals surface area contributed by atoms with Gasteiger partial charge in [0.05, 0.1) is 22.9 Å². The molecule has 2 rings (SSSR count). The van der Waals surface area contributed by atoms with Crippen molar-refractivity contribution >= 4 is 11.6 Å². The minimum Gasteiger partial charge on any atom is -0.378 e. The van der Waals surface area contributed by atoms with E-state index in [9.17, 15) is 0 Å². The highest BCUT2D eigenvalue weighted by Crippen LogP contribution is 2.26. The normalized spacial score (nSPS) is 21.6. The fourth-order valence-corrected chi connectivity index (χ4v) is 2.55. The Morgan fingerprint density at radius 1 is 1.65 bits per heavy atom. The van der Waals surface area contributed by atoms with Crippen LogP contribution in [0.5, 0.6) is 0 Å². The number of aromatic nitrogens is 1. The van der Waals surface area contributed by atoms with Crippen LogP contribution in [-0.2, 0) is 4.74 Å². The first-order valence-electron chi connectivity index (χ1n) is 6.20. The van der Waals surface area contributed by atoms with Crippen LogP contribution in [0.1, 0.15) is 37.4 Å². The molecule has 1 aromatic heterocycles. The van der Waals surface area contributed by atoms with Crippen molar-refractivity contribution < 1.29 is 4.74 Å². The smallest absolute Gasteiger partial charge is 0.0758 e. The number of halogens is 1. The first kappa shape index (κ1) is 12.8. The molecule has 4 heteroatoms. The molecule has 2 heterocycles. The van der Waals surface area contributed by atoms with Gasteiger partial charge in [-0.2, -0.15) is 0 Å². The number of ether oxygens (including phenoxy) is 1. The van der Waals surface area contributed by atoms with Crippen LogP contribution in [-0.4, -0.2) is 24.7 Å². The number of nitrogens with one attached hydrogen (secondary N) is 1. The van der Waals surface area contributed by atoms with Crippen LogP contribution in [0.2, 0.25) is 5.02 Å². The molecule has 1 fully saturated rings. The van der Waals surface area contributed by atoms with Gasteiger partial charge in [-0.3, -0.25) is 4.98 Å². The fraction of sp³-hybridized carbons (Fsp3) is 0.615. The molecule has 1 N–H and O–H groups in total. The molecule has 0 spiro atoms. The molecule has 0 amide bonds. The predicted octanol–water partition coefficient (Wildman–Crippen LogP) is 2.95.